The maximum absolute atomic E-state index is 6.56. The Hall–Kier alpha value is -3.24. The van der Waals surface area contributed by atoms with Gasteiger partial charge in [-0.3, -0.25) is 0 Å². The summed E-state index contributed by atoms with van der Waals surface area (Å²) < 4.78 is 6.56. The lowest BCUT2D eigenvalue weighted by molar-refractivity contribution is 0.299. The summed E-state index contributed by atoms with van der Waals surface area (Å²) in [5.41, 5.74) is 6.68. The third-order valence-corrected chi connectivity index (χ3v) is 12.5. The summed E-state index contributed by atoms with van der Waals surface area (Å²) in [4.78, 5) is 0. The summed E-state index contributed by atoms with van der Waals surface area (Å²) in [6.07, 6.45) is 3.27. The van der Waals surface area contributed by atoms with Crippen LogP contribution in [-0.4, -0.2) is 0 Å². The third-order valence-electron chi connectivity index (χ3n) is 7.94. The predicted molar refractivity (Wildman–Crippen MR) is 186 cm³/mol. The molecule has 42 heavy (non-hydrogen) atoms. The Kier molecular flexibility index (Phi) is 10.3. The van der Waals surface area contributed by atoms with Crippen LogP contribution in [0.2, 0.25) is 0 Å². The lowest BCUT2D eigenvalue weighted by Gasteiger charge is -2.34. The van der Waals surface area contributed by atoms with Crippen molar-refractivity contribution in [1.82, 2.24) is 0 Å². The first-order chi connectivity index (χ1) is 20.5. The average molecular weight is 589 g/mol. The van der Waals surface area contributed by atoms with E-state index in [9.17, 15) is 0 Å². The molecule has 2 unspecified atom stereocenters. The Bertz CT molecular complexity index is 1530. The summed E-state index contributed by atoms with van der Waals surface area (Å²) in [6, 6.07) is 46.4. The Morgan fingerprint density at radius 2 is 1.33 bits per heavy atom. The first-order valence-electron chi connectivity index (χ1n) is 15.0. The van der Waals surface area contributed by atoms with Gasteiger partial charge in [-0.1, -0.05) is 156 Å². The molecular weight excluding hydrogens is 546 g/mol. The van der Waals surface area contributed by atoms with Gasteiger partial charge < -0.3 is 4.74 Å². The molecule has 0 saturated heterocycles. The fraction of sp³-hybridized carbons (Fsp3) is 0.231. The first-order valence-corrected chi connectivity index (χ1v) is 17.5. The summed E-state index contributed by atoms with van der Waals surface area (Å²) in [7, 11) is 0.117. The highest BCUT2D eigenvalue weighted by Gasteiger charge is 2.31. The van der Waals surface area contributed by atoms with Crippen molar-refractivity contribution in [2.24, 2.45) is 0 Å². The molecule has 0 saturated carbocycles. The van der Waals surface area contributed by atoms with Crippen molar-refractivity contribution in [3.8, 4) is 5.75 Å². The van der Waals surface area contributed by atoms with E-state index in [4.69, 9.17) is 4.74 Å². The SMILES string of the molecule is CCCC(C)(Pc1c(C)cccc1CP(c1ccccc1)c1ccccc1)c1cc(C)ccc1OCc1ccccc1. The second-order valence-electron chi connectivity index (χ2n) is 11.3. The van der Waals surface area contributed by atoms with Crippen LogP contribution in [0, 0.1) is 13.8 Å². The van der Waals surface area contributed by atoms with E-state index in [1.54, 1.807) is 0 Å². The molecule has 0 aliphatic heterocycles. The molecule has 0 aliphatic rings. The molecule has 0 bridgehead atoms. The molecule has 0 amide bonds. The monoisotopic (exact) mass is 588 g/mol. The van der Waals surface area contributed by atoms with Crippen molar-refractivity contribution in [1.29, 1.82) is 0 Å². The van der Waals surface area contributed by atoms with E-state index < -0.39 is 7.92 Å². The van der Waals surface area contributed by atoms with E-state index in [0.717, 1.165) is 24.8 Å². The second kappa shape index (κ2) is 14.3. The van der Waals surface area contributed by atoms with E-state index in [1.807, 2.05) is 0 Å². The molecule has 0 spiro atoms. The molecule has 5 rings (SSSR count). The molecule has 2 atom stereocenters. The van der Waals surface area contributed by atoms with Gasteiger partial charge in [-0.05, 0) is 66.9 Å². The average Bonchev–Trinajstić information content (AvgIpc) is 3.02. The van der Waals surface area contributed by atoms with Crippen LogP contribution in [0.4, 0.5) is 0 Å². The summed E-state index contributed by atoms with van der Waals surface area (Å²) >= 11 is 0. The zero-order valence-electron chi connectivity index (χ0n) is 25.3. The quantitative estimate of drug-likeness (QED) is 0.132. The van der Waals surface area contributed by atoms with Gasteiger partial charge >= 0.3 is 0 Å². The highest BCUT2D eigenvalue weighted by Crippen LogP contribution is 2.50. The van der Waals surface area contributed by atoms with E-state index in [0.29, 0.717) is 15.2 Å². The van der Waals surface area contributed by atoms with Gasteiger partial charge in [0.2, 0.25) is 0 Å². The molecule has 0 aromatic heterocycles. The molecular formula is C39H42OP2. The Morgan fingerprint density at radius 1 is 0.714 bits per heavy atom. The summed E-state index contributed by atoms with van der Waals surface area (Å²) in [6.45, 7) is 9.86. The van der Waals surface area contributed by atoms with Crippen LogP contribution in [0.3, 0.4) is 0 Å². The van der Waals surface area contributed by atoms with Gasteiger partial charge in [0, 0.05) is 16.9 Å². The van der Waals surface area contributed by atoms with Gasteiger partial charge in [0.1, 0.15) is 12.4 Å². The smallest absolute Gasteiger partial charge is 0.123 e. The van der Waals surface area contributed by atoms with Gasteiger partial charge in [0.25, 0.3) is 0 Å². The second-order valence-corrected chi connectivity index (χ2v) is 15.4. The van der Waals surface area contributed by atoms with Crippen LogP contribution >= 0.6 is 16.5 Å². The standard InChI is InChI=1S/C39H42OP2/c1-5-26-39(4,36-27-30(2)24-25-37(36)40-28-32-17-9-6-10-18-32)41-38-31(3)16-15-19-33(38)29-42(34-20-11-7-12-21-34)35-22-13-8-14-23-35/h6-25,27,41H,5,26,28-29H2,1-4H3. The minimum atomic E-state index is -0.523. The van der Waals surface area contributed by atoms with Gasteiger partial charge in [-0.25, -0.2) is 0 Å². The topological polar surface area (TPSA) is 9.23 Å². The lowest BCUT2D eigenvalue weighted by Crippen LogP contribution is -2.24. The van der Waals surface area contributed by atoms with E-state index in [-0.39, 0.29) is 5.16 Å². The fourth-order valence-electron chi connectivity index (χ4n) is 5.73. The van der Waals surface area contributed by atoms with Crippen LogP contribution in [0.1, 0.15) is 54.5 Å². The highest BCUT2D eigenvalue weighted by atomic mass is 31.1. The lowest BCUT2D eigenvalue weighted by atomic mass is 9.93. The van der Waals surface area contributed by atoms with Crippen LogP contribution < -0.4 is 20.7 Å². The largest absolute Gasteiger partial charge is 0.489 e. The van der Waals surface area contributed by atoms with Crippen molar-refractivity contribution in [2.45, 2.75) is 58.5 Å². The number of hydrogen-bond donors (Lipinski definition) is 0. The molecule has 0 fully saturated rings. The van der Waals surface area contributed by atoms with E-state index in [2.05, 4.69) is 155 Å². The molecule has 0 heterocycles. The van der Waals surface area contributed by atoms with E-state index in [1.165, 1.54) is 43.7 Å². The molecule has 0 radical (unpaired) electrons. The minimum absolute atomic E-state index is 0.0318. The highest BCUT2D eigenvalue weighted by molar-refractivity contribution is 7.72. The third kappa shape index (κ3) is 7.39. The van der Waals surface area contributed by atoms with Crippen LogP contribution in [0.25, 0.3) is 0 Å². The van der Waals surface area contributed by atoms with Crippen molar-refractivity contribution >= 4 is 32.4 Å². The van der Waals surface area contributed by atoms with Crippen molar-refractivity contribution in [3.63, 3.8) is 0 Å². The molecule has 0 aliphatic carbocycles. The Balaban J connectivity index is 1.52. The van der Waals surface area contributed by atoms with E-state index >= 15 is 0 Å². The van der Waals surface area contributed by atoms with Gasteiger partial charge in [-0.2, -0.15) is 0 Å². The minimum Gasteiger partial charge on any atom is -0.489 e. The number of aryl methyl sites for hydroxylation is 2. The van der Waals surface area contributed by atoms with Crippen LogP contribution in [0.15, 0.2) is 127 Å². The maximum Gasteiger partial charge on any atom is 0.123 e. The van der Waals surface area contributed by atoms with Gasteiger partial charge in [-0.15, -0.1) is 0 Å². The van der Waals surface area contributed by atoms with Crippen molar-refractivity contribution in [3.05, 3.63) is 155 Å². The van der Waals surface area contributed by atoms with Gasteiger partial charge in [0.05, 0.1) is 0 Å². The number of rotatable bonds is 12. The van der Waals surface area contributed by atoms with Crippen LogP contribution in [0.5, 0.6) is 5.75 Å². The first kappa shape index (κ1) is 30.2. The molecule has 0 N–H and O–H groups in total. The number of hydrogen-bond acceptors (Lipinski definition) is 1. The Labute approximate surface area is 255 Å². The predicted octanol–water partition coefficient (Wildman–Crippen LogP) is 9.53. The molecule has 5 aromatic rings. The molecule has 5 aromatic carbocycles. The maximum atomic E-state index is 6.56. The Morgan fingerprint density at radius 3 is 1.95 bits per heavy atom. The molecule has 1 nitrogen and oxygen atoms in total. The summed E-state index contributed by atoms with van der Waals surface area (Å²) in [5.74, 6) is 1.01. The van der Waals surface area contributed by atoms with Crippen LogP contribution in [-0.2, 0) is 17.9 Å². The molecule has 3 heteroatoms. The summed E-state index contributed by atoms with van der Waals surface area (Å²) in [5, 5.41) is 4.35. The normalized spacial score (nSPS) is 13.0. The van der Waals surface area contributed by atoms with Gasteiger partial charge in [0.15, 0.2) is 0 Å². The fourth-order valence-corrected chi connectivity index (χ4v) is 10.1. The number of ether oxygens (including phenoxy) is 1. The van der Waals surface area contributed by atoms with Crippen molar-refractivity contribution in [2.75, 3.05) is 0 Å². The zero-order valence-corrected chi connectivity index (χ0v) is 27.2. The van der Waals surface area contributed by atoms with Crippen molar-refractivity contribution < 1.29 is 4.74 Å². The zero-order chi connectivity index (χ0) is 29.4. The number of benzene rings is 5. The molecule has 214 valence electrons.